The van der Waals surface area contributed by atoms with Crippen LogP contribution in [0.2, 0.25) is 0 Å². The summed E-state index contributed by atoms with van der Waals surface area (Å²) in [5.74, 6) is 0. The number of alkyl halides is 3. The largest absolute Gasteiger partial charge is 0.414 e. The van der Waals surface area contributed by atoms with E-state index in [1.165, 1.54) is 0 Å². The predicted molar refractivity (Wildman–Crippen MR) is 61.0 cm³/mol. The van der Waals surface area contributed by atoms with E-state index < -0.39 is 12.3 Å². The van der Waals surface area contributed by atoms with Crippen molar-refractivity contribution in [2.75, 3.05) is 19.8 Å². The predicted octanol–water partition coefficient (Wildman–Crippen LogP) is 3.94. The molecule has 0 aliphatic carbocycles. The van der Waals surface area contributed by atoms with Gasteiger partial charge in [-0.2, -0.15) is 13.2 Å². The average Bonchev–Trinajstić information content (AvgIpc) is 2.25. The van der Waals surface area contributed by atoms with Crippen molar-refractivity contribution in [1.29, 1.82) is 0 Å². The minimum Gasteiger partial charge on any atom is -0.382 e. The van der Waals surface area contributed by atoms with Crippen LogP contribution in [0.1, 0.15) is 46.0 Å². The molecule has 0 unspecified atom stereocenters. The molecule has 1 atom stereocenters. The Kier molecular flexibility index (Phi) is 9.55. The molecule has 0 bridgehead atoms. The first-order chi connectivity index (χ1) is 8.02. The number of rotatable bonds is 10. The Morgan fingerprint density at radius 2 is 1.71 bits per heavy atom. The summed E-state index contributed by atoms with van der Waals surface area (Å²) in [6.07, 6.45) is -2.38. The van der Waals surface area contributed by atoms with Gasteiger partial charge in [0.2, 0.25) is 0 Å². The monoisotopic (exact) mass is 256 g/mol. The molecule has 0 saturated heterocycles. The molecule has 0 aromatic rings. The molecule has 0 heterocycles. The van der Waals surface area contributed by atoms with Crippen molar-refractivity contribution in [3.8, 4) is 0 Å². The van der Waals surface area contributed by atoms with Gasteiger partial charge >= 0.3 is 6.18 Å². The highest BCUT2D eigenvalue weighted by atomic mass is 19.4. The summed E-state index contributed by atoms with van der Waals surface area (Å²) in [6.45, 7) is 4.52. The van der Waals surface area contributed by atoms with E-state index in [0.717, 1.165) is 19.3 Å². The topological polar surface area (TPSA) is 18.5 Å². The molecule has 0 spiro atoms. The zero-order valence-electron chi connectivity index (χ0n) is 10.7. The van der Waals surface area contributed by atoms with E-state index in [1.54, 1.807) is 6.92 Å². The third-order valence-corrected chi connectivity index (χ3v) is 2.41. The van der Waals surface area contributed by atoms with Crippen LogP contribution in [0.3, 0.4) is 0 Å². The van der Waals surface area contributed by atoms with Gasteiger partial charge in [0.25, 0.3) is 0 Å². The van der Waals surface area contributed by atoms with Gasteiger partial charge in [0, 0.05) is 26.2 Å². The van der Waals surface area contributed by atoms with Gasteiger partial charge in [0.1, 0.15) is 0 Å². The highest BCUT2D eigenvalue weighted by Gasteiger charge is 2.40. The minimum absolute atomic E-state index is 0.0929. The summed E-state index contributed by atoms with van der Waals surface area (Å²) in [7, 11) is 0. The molecule has 0 radical (unpaired) electrons. The van der Waals surface area contributed by atoms with Crippen LogP contribution in [-0.2, 0) is 9.47 Å². The summed E-state index contributed by atoms with van der Waals surface area (Å²) >= 11 is 0. The maximum absolute atomic E-state index is 12.5. The smallest absolute Gasteiger partial charge is 0.382 e. The first-order valence-electron chi connectivity index (χ1n) is 6.28. The van der Waals surface area contributed by atoms with E-state index >= 15 is 0 Å². The molecule has 0 aliphatic rings. The summed E-state index contributed by atoms with van der Waals surface area (Å²) in [5, 5.41) is 0. The minimum atomic E-state index is -4.29. The van der Waals surface area contributed by atoms with Crippen molar-refractivity contribution in [3.63, 3.8) is 0 Å². The van der Waals surface area contributed by atoms with Gasteiger partial charge < -0.3 is 9.47 Å². The van der Waals surface area contributed by atoms with Crippen molar-refractivity contribution in [2.24, 2.45) is 0 Å². The first-order valence-corrected chi connectivity index (χ1v) is 6.28. The second-order valence-corrected chi connectivity index (χ2v) is 3.95. The lowest BCUT2D eigenvalue weighted by Crippen LogP contribution is -2.33. The van der Waals surface area contributed by atoms with Gasteiger partial charge in [0.05, 0.1) is 0 Å². The third-order valence-electron chi connectivity index (χ3n) is 2.41. The van der Waals surface area contributed by atoms with Gasteiger partial charge in [-0.3, -0.25) is 0 Å². The molecule has 17 heavy (non-hydrogen) atoms. The lowest BCUT2D eigenvalue weighted by Gasteiger charge is -2.20. The van der Waals surface area contributed by atoms with E-state index in [1.807, 2.05) is 0 Å². The molecule has 0 rings (SSSR count). The number of ether oxygens (including phenoxy) is 2. The van der Waals surface area contributed by atoms with Crippen LogP contribution in [0.15, 0.2) is 0 Å². The van der Waals surface area contributed by atoms with Gasteiger partial charge in [-0.1, -0.05) is 26.2 Å². The number of hydrogen-bond donors (Lipinski definition) is 0. The standard InChI is InChI=1S/C12H23F3O2/c1-3-5-6-7-9-17-11(12(13,14)15)8-10-16-4-2/h11H,3-10H2,1-2H3/t11-/m0/s1. The number of unbranched alkanes of at least 4 members (excludes halogenated alkanes) is 3. The summed E-state index contributed by atoms with van der Waals surface area (Å²) in [4.78, 5) is 0. The fourth-order valence-electron chi connectivity index (χ4n) is 1.43. The molecule has 0 aromatic heterocycles. The molecular formula is C12H23F3O2. The quantitative estimate of drug-likeness (QED) is 0.551. The molecule has 5 heteroatoms. The van der Waals surface area contributed by atoms with E-state index in [-0.39, 0.29) is 19.6 Å². The second kappa shape index (κ2) is 9.71. The Labute approximate surface area is 101 Å². The Bertz CT molecular complexity index is 172. The lowest BCUT2D eigenvalue weighted by molar-refractivity contribution is -0.225. The van der Waals surface area contributed by atoms with E-state index in [2.05, 4.69) is 6.92 Å². The van der Waals surface area contributed by atoms with Crippen molar-refractivity contribution < 1.29 is 22.6 Å². The summed E-state index contributed by atoms with van der Waals surface area (Å²) < 4.78 is 47.4. The Hall–Kier alpha value is -0.290. The highest BCUT2D eigenvalue weighted by molar-refractivity contribution is 4.67. The van der Waals surface area contributed by atoms with Gasteiger partial charge in [-0.25, -0.2) is 0 Å². The van der Waals surface area contributed by atoms with Crippen molar-refractivity contribution in [2.45, 2.75) is 58.2 Å². The number of hydrogen-bond acceptors (Lipinski definition) is 2. The SMILES string of the molecule is CCCCCCO[C@@H](CCOCC)C(F)(F)F. The van der Waals surface area contributed by atoms with Gasteiger partial charge in [0.15, 0.2) is 6.10 Å². The summed E-state index contributed by atoms with van der Waals surface area (Å²) in [5.41, 5.74) is 0. The van der Waals surface area contributed by atoms with Crippen LogP contribution in [0.25, 0.3) is 0 Å². The molecule has 0 saturated carbocycles. The fraction of sp³-hybridized carbons (Fsp3) is 1.00. The van der Waals surface area contributed by atoms with Crippen LogP contribution < -0.4 is 0 Å². The first kappa shape index (κ1) is 16.7. The molecule has 104 valence electrons. The fourth-order valence-corrected chi connectivity index (χ4v) is 1.43. The molecule has 0 N–H and O–H groups in total. The molecule has 0 aromatic carbocycles. The Morgan fingerprint density at radius 3 is 2.24 bits per heavy atom. The van der Waals surface area contributed by atoms with Crippen molar-refractivity contribution >= 4 is 0 Å². The van der Waals surface area contributed by atoms with Crippen LogP contribution in [0, 0.1) is 0 Å². The van der Waals surface area contributed by atoms with Crippen LogP contribution >= 0.6 is 0 Å². The van der Waals surface area contributed by atoms with Crippen LogP contribution in [0.4, 0.5) is 13.2 Å². The average molecular weight is 256 g/mol. The third kappa shape index (κ3) is 9.41. The van der Waals surface area contributed by atoms with Crippen LogP contribution in [-0.4, -0.2) is 32.1 Å². The molecule has 0 aliphatic heterocycles. The zero-order valence-corrected chi connectivity index (χ0v) is 10.7. The normalized spacial score (nSPS) is 13.9. The van der Waals surface area contributed by atoms with E-state index in [0.29, 0.717) is 13.0 Å². The molecular weight excluding hydrogens is 233 g/mol. The van der Waals surface area contributed by atoms with Crippen LogP contribution in [0.5, 0.6) is 0 Å². The highest BCUT2D eigenvalue weighted by Crippen LogP contribution is 2.25. The maximum atomic E-state index is 12.5. The van der Waals surface area contributed by atoms with E-state index in [4.69, 9.17) is 9.47 Å². The van der Waals surface area contributed by atoms with Gasteiger partial charge in [-0.15, -0.1) is 0 Å². The van der Waals surface area contributed by atoms with Crippen molar-refractivity contribution in [3.05, 3.63) is 0 Å². The second-order valence-electron chi connectivity index (χ2n) is 3.95. The Morgan fingerprint density at radius 1 is 1.00 bits per heavy atom. The Balaban J connectivity index is 3.78. The van der Waals surface area contributed by atoms with E-state index in [9.17, 15) is 13.2 Å². The number of halogens is 3. The lowest BCUT2D eigenvalue weighted by atomic mass is 10.2. The zero-order chi connectivity index (χ0) is 13.1. The summed E-state index contributed by atoms with van der Waals surface area (Å²) in [6, 6.07) is 0. The van der Waals surface area contributed by atoms with Gasteiger partial charge in [-0.05, 0) is 13.3 Å². The van der Waals surface area contributed by atoms with Crippen molar-refractivity contribution in [1.82, 2.24) is 0 Å². The molecule has 0 amide bonds. The molecule has 0 fully saturated rings. The maximum Gasteiger partial charge on any atom is 0.414 e. The molecule has 2 nitrogen and oxygen atoms in total.